The van der Waals surface area contributed by atoms with Gasteiger partial charge in [0.25, 0.3) is 5.91 Å². The largest absolute Gasteiger partial charge is 0.381 e. The van der Waals surface area contributed by atoms with E-state index < -0.39 is 5.60 Å². The Labute approximate surface area is 188 Å². The third-order valence-electron chi connectivity index (χ3n) is 6.71. The topological polar surface area (TPSA) is 77.6 Å². The number of aromatic amines is 1. The van der Waals surface area contributed by atoms with Crippen LogP contribution >= 0.6 is 0 Å². The lowest BCUT2D eigenvalue weighted by molar-refractivity contribution is -0.148. The summed E-state index contributed by atoms with van der Waals surface area (Å²) in [6.45, 7) is 8.51. The molecule has 1 amide bonds. The van der Waals surface area contributed by atoms with E-state index in [0.29, 0.717) is 26.3 Å². The zero-order valence-corrected chi connectivity index (χ0v) is 19.0. The molecule has 2 aliphatic rings. The Morgan fingerprint density at radius 1 is 1.22 bits per heavy atom. The molecule has 1 atom stereocenters. The Bertz CT molecular complexity index is 1170. The highest BCUT2D eigenvalue weighted by Gasteiger charge is 2.33. The zero-order chi connectivity index (χ0) is 22.5. The maximum absolute atomic E-state index is 12.8. The number of rotatable bonds is 3. The summed E-state index contributed by atoms with van der Waals surface area (Å²) in [5.74, 6) is -0.223. The number of morpholine rings is 1. The fraction of sp³-hybridized carbons (Fsp3) is 0.423. The number of carbonyl (C=O) groups excluding carboxylic acids is 1. The van der Waals surface area contributed by atoms with Gasteiger partial charge in [0.15, 0.2) is 0 Å². The quantitative estimate of drug-likeness (QED) is 0.591. The highest BCUT2D eigenvalue weighted by molar-refractivity contribution is 5.88. The van der Waals surface area contributed by atoms with Gasteiger partial charge in [-0.1, -0.05) is 12.1 Å². The molecule has 32 heavy (non-hydrogen) atoms. The molecule has 6 heteroatoms. The van der Waals surface area contributed by atoms with Crippen molar-refractivity contribution in [2.75, 3.05) is 26.3 Å². The fourth-order valence-electron chi connectivity index (χ4n) is 4.94. The van der Waals surface area contributed by atoms with E-state index in [2.05, 4.69) is 47.6 Å². The average Bonchev–Trinajstić information content (AvgIpc) is 3.17. The van der Waals surface area contributed by atoms with E-state index in [1.807, 2.05) is 6.20 Å². The number of nitrogens with one attached hydrogen (secondary N) is 2. The number of aromatic nitrogens is 1. The van der Waals surface area contributed by atoms with Crippen molar-refractivity contribution in [1.29, 1.82) is 0 Å². The maximum Gasteiger partial charge on any atom is 0.254 e. The lowest BCUT2D eigenvalue weighted by atomic mass is 9.86. The summed E-state index contributed by atoms with van der Waals surface area (Å²) in [6.07, 6.45) is 2.82. The second-order valence-corrected chi connectivity index (χ2v) is 9.55. The van der Waals surface area contributed by atoms with Gasteiger partial charge in [0.05, 0.1) is 19.3 Å². The van der Waals surface area contributed by atoms with Gasteiger partial charge in [-0.2, -0.15) is 0 Å². The van der Waals surface area contributed by atoms with Gasteiger partial charge in [-0.3, -0.25) is 4.79 Å². The number of ether oxygens (including phenoxy) is 1. The van der Waals surface area contributed by atoms with E-state index in [4.69, 9.17) is 4.74 Å². The lowest BCUT2D eigenvalue weighted by Crippen LogP contribution is -2.47. The molecule has 3 heterocycles. The molecule has 1 saturated heterocycles. The fourth-order valence-corrected chi connectivity index (χ4v) is 4.94. The van der Waals surface area contributed by atoms with Crippen LogP contribution in [0, 0.1) is 6.92 Å². The van der Waals surface area contributed by atoms with E-state index in [1.165, 1.54) is 38.8 Å². The Kier molecular flexibility index (Phi) is 5.32. The molecule has 2 aliphatic heterocycles. The van der Waals surface area contributed by atoms with Gasteiger partial charge in [-0.05, 0) is 78.8 Å². The van der Waals surface area contributed by atoms with Crippen molar-refractivity contribution in [2.24, 2.45) is 0 Å². The monoisotopic (exact) mass is 433 g/mol. The van der Waals surface area contributed by atoms with Crippen molar-refractivity contribution >= 4 is 16.8 Å². The Morgan fingerprint density at radius 2 is 2.06 bits per heavy atom. The van der Waals surface area contributed by atoms with Gasteiger partial charge in [0.2, 0.25) is 0 Å². The minimum Gasteiger partial charge on any atom is -0.381 e. The molecule has 6 nitrogen and oxygen atoms in total. The van der Waals surface area contributed by atoms with Gasteiger partial charge < -0.3 is 25.0 Å². The standard InChI is InChI=1S/C26H31N3O3/c1-16-13-28-23-5-4-17(11-20(16)23)19-10-18-6-8-29(25(30)26(2,3)31)14-22(18)21(12-19)24-15-32-9-7-27-24/h4-5,10-13,24,27-28,31H,6-9,14-15H2,1-3H3/t24-/m0/s1. The van der Waals surface area contributed by atoms with E-state index in [1.54, 1.807) is 18.7 Å². The first kappa shape index (κ1) is 21.2. The van der Waals surface area contributed by atoms with Gasteiger partial charge in [-0.25, -0.2) is 0 Å². The van der Waals surface area contributed by atoms with Crippen molar-refractivity contribution in [3.8, 4) is 11.1 Å². The number of aliphatic hydroxyl groups is 1. The van der Waals surface area contributed by atoms with Crippen LogP contribution in [0.25, 0.3) is 22.0 Å². The van der Waals surface area contributed by atoms with Crippen LogP contribution in [0.4, 0.5) is 0 Å². The zero-order valence-electron chi connectivity index (χ0n) is 19.0. The molecule has 168 valence electrons. The first-order valence-electron chi connectivity index (χ1n) is 11.4. The Morgan fingerprint density at radius 3 is 2.81 bits per heavy atom. The molecule has 0 radical (unpaired) electrons. The molecule has 3 aromatic rings. The van der Waals surface area contributed by atoms with E-state index >= 15 is 0 Å². The van der Waals surface area contributed by atoms with Gasteiger partial charge in [0.1, 0.15) is 5.60 Å². The van der Waals surface area contributed by atoms with Crippen molar-refractivity contribution in [2.45, 2.75) is 45.4 Å². The number of fused-ring (bicyclic) bond motifs is 2. The number of hydrogen-bond donors (Lipinski definition) is 3. The normalized spacial score (nSPS) is 19.2. The third kappa shape index (κ3) is 3.83. The Balaban J connectivity index is 1.59. The molecule has 0 saturated carbocycles. The summed E-state index contributed by atoms with van der Waals surface area (Å²) in [7, 11) is 0. The molecule has 5 rings (SSSR count). The lowest BCUT2D eigenvalue weighted by Gasteiger charge is -2.36. The molecule has 0 aliphatic carbocycles. The molecular weight excluding hydrogens is 402 g/mol. The van der Waals surface area contributed by atoms with Crippen LogP contribution in [-0.4, -0.2) is 52.8 Å². The molecule has 2 aromatic carbocycles. The highest BCUT2D eigenvalue weighted by Crippen LogP contribution is 2.35. The van der Waals surface area contributed by atoms with E-state index in [-0.39, 0.29) is 11.9 Å². The van der Waals surface area contributed by atoms with Crippen molar-refractivity contribution in [3.63, 3.8) is 0 Å². The van der Waals surface area contributed by atoms with Crippen LogP contribution in [0.2, 0.25) is 0 Å². The first-order valence-corrected chi connectivity index (χ1v) is 11.4. The van der Waals surface area contributed by atoms with Crippen molar-refractivity contribution in [1.82, 2.24) is 15.2 Å². The number of hydrogen-bond acceptors (Lipinski definition) is 4. The second kappa shape index (κ2) is 8.03. The first-order chi connectivity index (χ1) is 15.3. The molecule has 3 N–H and O–H groups in total. The van der Waals surface area contributed by atoms with Crippen LogP contribution in [0.15, 0.2) is 36.5 Å². The molecule has 0 spiro atoms. The molecule has 0 unspecified atom stereocenters. The average molecular weight is 434 g/mol. The van der Waals surface area contributed by atoms with Crippen LogP contribution in [0.1, 0.15) is 42.1 Å². The predicted molar refractivity (Wildman–Crippen MR) is 125 cm³/mol. The van der Waals surface area contributed by atoms with Crippen LogP contribution in [0.5, 0.6) is 0 Å². The summed E-state index contributed by atoms with van der Waals surface area (Å²) < 4.78 is 5.78. The van der Waals surface area contributed by atoms with Crippen LogP contribution in [-0.2, 0) is 22.5 Å². The van der Waals surface area contributed by atoms with Gasteiger partial charge >= 0.3 is 0 Å². The molecule has 0 bridgehead atoms. The smallest absolute Gasteiger partial charge is 0.254 e. The summed E-state index contributed by atoms with van der Waals surface area (Å²) in [5, 5.41) is 15.1. The summed E-state index contributed by atoms with van der Waals surface area (Å²) >= 11 is 0. The molecule has 1 aromatic heterocycles. The molecular formula is C26H31N3O3. The Hall–Kier alpha value is -2.67. The number of carbonyl (C=O) groups is 1. The van der Waals surface area contributed by atoms with E-state index in [0.717, 1.165) is 18.5 Å². The number of benzene rings is 2. The number of amides is 1. The minimum absolute atomic E-state index is 0.0902. The van der Waals surface area contributed by atoms with Crippen molar-refractivity contribution < 1.29 is 14.6 Å². The SMILES string of the molecule is Cc1c[nH]c2ccc(-c3cc4c(c([C@@H]5COCCN5)c3)CN(C(=O)C(C)(C)O)CC4)cc12. The van der Waals surface area contributed by atoms with Crippen LogP contribution in [0.3, 0.4) is 0 Å². The molecule has 1 fully saturated rings. The summed E-state index contributed by atoms with van der Waals surface area (Å²) in [5.41, 5.74) is 7.04. The summed E-state index contributed by atoms with van der Waals surface area (Å²) in [6, 6.07) is 11.2. The number of nitrogens with zero attached hydrogens (tertiary/aromatic N) is 1. The van der Waals surface area contributed by atoms with Gasteiger partial charge in [-0.15, -0.1) is 0 Å². The highest BCUT2D eigenvalue weighted by atomic mass is 16.5. The van der Waals surface area contributed by atoms with Crippen molar-refractivity contribution in [3.05, 3.63) is 58.8 Å². The predicted octanol–water partition coefficient (Wildman–Crippen LogP) is 3.46. The van der Waals surface area contributed by atoms with Gasteiger partial charge in [0, 0.05) is 36.7 Å². The van der Waals surface area contributed by atoms with Crippen LogP contribution < -0.4 is 5.32 Å². The summed E-state index contributed by atoms with van der Waals surface area (Å²) in [4.78, 5) is 17.9. The second-order valence-electron chi connectivity index (χ2n) is 9.55. The van der Waals surface area contributed by atoms with E-state index in [9.17, 15) is 9.90 Å². The minimum atomic E-state index is -1.37. The number of H-pyrrole nitrogens is 1. The number of aryl methyl sites for hydroxylation is 1. The third-order valence-corrected chi connectivity index (χ3v) is 6.71. The maximum atomic E-state index is 12.8.